The van der Waals surface area contributed by atoms with E-state index in [4.69, 9.17) is 11.6 Å². The Hall–Kier alpha value is -1.62. The maximum atomic E-state index is 6.14. The zero-order chi connectivity index (χ0) is 21.8. The number of halogens is 1. The topological polar surface area (TPSA) is 22.6 Å². The lowest BCUT2D eigenvalue weighted by Crippen LogP contribution is -2.62. The van der Waals surface area contributed by atoms with Crippen LogP contribution < -0.4 is 4.90 Å². The van der Waals surface area contributed by atoms with Gasteiger partial charge in [-0.25, -0.2) is 4.98 Å². The second-order valence-corrected chi connectivity index (χ2v) is 10.2. The fraction of sp³-hybridized carbons (Fsp3) is 0.577. The normalized spacial score (nSPS) is 24.1. The molecule has 0 unspecified atom stereocenters. The highest BCUT2D eigenvalue weighted by Crippen LogP contribution is 2.28. The van der Waals surface area contributed by atoms with Crippen LogP contribution in [0.2, 0.25) is 5.02 Å². The summed E-state index contributed by atoms with van der Waals surface area (Å²) in [7, 11) is 0. The van der Waals surface area contributed by atoms with Crippen LogP contribution in [-0.2, 0) is 6.42 Å². The van der Waals surface area contributed by atoms with E-state index in [1.54, 1.807) is 0 Å². The number of piperazine rings is 1. The number of rotatable bonds is 6. The van der Waals surface area contributed by atoms with Gasteiger partial charge in [0.15, 0.2) is 0 Å². The molecular formula is C26H37ClN4. The first-order valence-electron chi connectivity index (χ1n) is 11.9. The van der Waals surface area contributed by atoms with Crippen LogP contribution in [0.4, 0.5) is 5.82 Å². The van der Waals surface area contributed by atoms with Gasteiger partial charge in [-0.2, -0.15) is 0 Å². The Labute approximate surface area is 193 Å². The number of anilines is 1. The molecule has 1 aromatic heterocycles. The van der Waals surface area contributed by atoms with Crippen LogP contribution in [0.1, 0.15) is 39.2 Å². The van der Waals surface area contributed by atoms with Crippen LogP contribution in [0.15, 0.2) is 48.7 Å². The van der Waals surface area contributed by atoms with Gasteiger partial charge < -0.3 is 4.90 Å². The molecule has 5 heteroatoms. The number of hydrogen-bond acceptors (Lipinski definition) is 4. The maximum absolute atomic E-state index is 6.14. The summed E-state index contributed by atoms with van der Waals surface area (Å²) in [6.45, 7) is 12.8. The van der Waals surface area contributed by atoms with Gasteiger partial charge in [-0.05, 0) is 61.9 Å². The molecule has 4 rings (SSSR count). The average molecular weight is 441 g/mol. The highest BCUT2D eigenvalue weighted by molar-refractivity contribution is 6.30. The highest BCUT2D eigenvalue weighted by Gasteiger charge is 2.37. The first-order chi connectivity index (χ1) is 15.0. The Morgan fingerprint density at radius 1 is 1.03 bits per heavy atom. The molecule has 168 valence electrons. The van der Waals surface area contributed by atoms with Crippen LogP contribution in [0.3, 0.4) is 0 Å². The smallest absolute Gasteiger partial charge is 0.128 e. The molecule has 2 saturated heterocycles. The van der Waals surface area contributed by atoms with E-state index in [9.17, 15) is 0 Å². The molecule has 1 aromatic carbocycles. The van der Waals surface area contributed by atoms with Gasteiger partial charge in [-0.15, -0.1) is 0 Å². The number of piperidine rings is 1. The van der Waals surface area contributed by atoms with Crippen molar-refractivity contribution in [3.8, 4) is 0 Å². The zero-order valence-electron chi connectivity index (χ0n) is 19.3. The molecular weight excluding hydrogens is 404 g/mol. The summed E-state index contributed by atoms with van der Waals surface area (Å²) in [5, 5.41) is 0.821. The molecule has 0 N–H and O–H groups in total. The van der Waals surface area contributed by atoms with Crippen LogP contribution in [0.5, 0.6) is 0 Å². The largest absolute Gasteiger partial charge is 0.357 e. The summed E-state index contributed by atoms with van der Waals surface area (Å²) < 4.78 is 0. The second-order valence-electron chi connectivity index (χ2n) is 9.78. The van der Waals surface area contributed by atoms with E-state index < -0.39 is 0 Å². The Kier molecular flexibility index (Phi) is 7.52. The van der Waals surface area contributed by atoms with Gasteiger partial charge in [-0.3, -0.25) is 9.80 Å². The van der Waals surface area contributed by atoms with Crippen molar-refractivity contribution in [2.24, 2.45) is 5.92 Å². The third-order valence-electron chi connectivity index (χ3n) is 6.90. The molecule has 31 heavy (non-hydrogen) atoms. The molecule has 2 aromatic rings. The molecule has 2 atom stereocenters. The Bertz CT molecular complexity index is 802. The van der Waals surface area contributed by atoms with Gasteiger partial charge in [0.25, 0.3) is 0 Å². The van der Waals surface area contributed by atoms with Crippen molar-refractivity contribution >= 4 is 17.4 Å². The van der Waals surface area contributed by atoms with Gasteiger partial charge >= 0.3 is 0 Å². The molecule has 0 amide bonds. The summed E-state index contributed by atoms with van der Waals surface area (Å²) in [4.78, 5) is 12.6. The third kappa shape index (κ3) is 5.79. The Morgan fingerprint density at radius 2 is 1.77 bits per heavy atom. The first kappa shape index (κ1) is 22.6. The monoisotopic (exact) mass is 440 g/mol. The molecule has 2 aliphatic heterocycles. The van der Waals surface area contributed by atoms with Gasteiger partial charge in [0.2, 0.25) is 0 Å². The SMILES string of the molecule is CC(C)CN1C[C@H](Cc2ccc(Cl)cc2)N(C2CCN(c3ccccn3)CC2)C[C@@H]1C. The van der Waals surface area contributed by atoms with Crippen molar-refractivity contribution in [2.45, 2.75) is 58.2 Å². The third-order valence-corrected chi connectivity index (χ3v) is 7.16. The molecule has 0 bridgehead atoms. The average Bonchev–Trinajstić information content (AvgIpc) is 2.78. The fourth-order valence-corrected chi connectivity index (χ4v) is 5.46. The molecule has 2 fully saturated rings. The van der Waals surface area contributed by atoms with E-state index in [1.807, 2.05) is 24.4 Å². The lowest BCUT2D eigenvalue weighted by atomic mass is 9.93. The Balaban J connectivity index is 1.46. The van der Waals surface area contributed by atoms with E-state index in [1.165, 1.54) is 31.5 Å². The summed E-state index contributed by atoms with van der Waals surface area (Å²) >= 11 is 6.14. The minimum Gasteiger partial charge on any atom is -0.357 e. The van der Waals surface area contributed by atoms with E-state index in [0.29, 0.717) is 24.0 Å². The molecule has 0 spiro atoms. The quantitative estimate of drug-likeness (QED) is 0.631. The van der Waals surface area contributed by atoms with Crippen molar-refractivity contribution in [3.63, 3.8) is 0 Å². The number of aromatic nitrogens is 1. The van der Waals surface area contributed by atoms with Crippen LogP contribution >= 0.6 is 11.6 Å². The van der Waals surface area contributed by atoms with Gasteiger partial charge in [0.05, 0.1) is 0 Å². The first-order valence-corrected chi connectivity index (χ1v) is 12.3. The number of benzene rings is 1. The van der Waals surface area contributed by atoms with E-state index >= 15 is 0 Å². The molecule has 3 heterocycles. The van der Waals surface area contributed by atoms with Crippen LogP contribution in [0, 0.1) is 5.92 Å². The van der Waals surface area contributed by atoms with Crippen LogP contribution in [0.25, 0.3) is 0 Å². The van der Waals surface area contributed by atoms with Crippen molar-refractivity contribution in [2.75, 3.05) is 37.6 Å². The predicted octanol–water partition coefficient (Wildman–Crippen LogP) is 4.98. The highest BCUT2D eigenvalue weighted by atomic mass is 35.5. The minimum absolute atomic E-state index is 0.558. The molecule has 0 radical (unpaired) electrons. The van der Waals surface area contributed by atoms with Gasteiger partial charge in [0, 0.05) is 62.1 Å². The van der Waals surface area contributed by atoms with E-state index in [2.05, 4.69) is 64.7 Å². The fourth-order valence-electron chi connectivity index (χ4n) is 5.34. The van der Waals surface area contributed by atoms with Crippen molar-refractivity contribution in [1.29, 1.82) is 0 Å². The predicted molar refractivity (Wildman–Crippen MR) is 131 cm³/mol. The lowest BCUT2D eigenvalue weighted by molar-refractivity contribution is -0.00363. The summed E-state index contributed by atoms with van der Waals surface area (Å²) in [5.41, 5.74) is 1.39. The Morgan fingerprint density at radius 3 is 2.42 bits per heavy atom. The molecule has 0 aliphatic carbocycles. The second kappa shape index (κ2) is 10.3. The van der Waals surface area contributed by atoms with E-state index in [-0.39, 0.29) is 0 Å². The van der Waals surface area contributed by atoms with Gasteiger partial charge in [-0.1, -0.05) is 43.6 Å². The standard InChI is InChI=1S/C26H37ClN4/c1-20(2)17-30-19-25(16-22-7-9-23(27)10-8-22)31(18-21(30)3)24-11-14-29(15-12-24)26-6-4-5-13-28-26/h4-10,13,20-21,24-25H,11-12,14-19H2,1-3H3/t21-,25-/m0/s1. The zero-order valence-corrected chi connectivity index (χ0v) is 20.0. The number of nitrogens with zero attached hydrogens (tertiary/aromatic N) is 4. The van der Waals surface area contributed by atoms with Gasteiger partial charge in [0.1, 0.15) is 5.82 Å². The van der Waals surface area contributed by atoms with Crippen molar-refractivity contribution in [3.05, 3.63) is 59.2 Å². The lowest BCUT2D eigenvalue weighted by Gasteiger charge is -2.50. The number of hydrogen-bond donors (Lipinski definition) is 0. The van der Waals surface area contributed by atoms with Crippen molar-refractivity contribution in [1.82, 2.24) is 14.8 Å². The minimum atomic E-state index is 0.558. The summed E-state index contributed by atoms with van der Waals surface area (Å²) in [5.74, 6) is 1.82. The maximum Gasteiger partial charge on any atom is 0.128 e. The van der Waals surface area contributed by atoms with E-state index in [0.717, 1.165) is 36.9 Å². The number of pyridine rings is 1. The van der Waals surface area contributed by atoms with Crippen LogP contribution in [-0.4, -0.2) is 65.6 Å². The summed E-state index contributed by atoms with van der Waals surface area (Å²) in [6, 6.07) is 16.5. The van der Waals surface area contributed by atoms with Crippen molar-refractivity contribution < 1.29 is 0 Å². The molecule has 4 nitrogen and oxygen atoms in total. The summed E-state index contributed by atoms with van der Waals surface area (Å²) in [6.07, 6.45) is 5.42. The molecule has 2 aliphatic rings. The molecule has 0 saturated carbocycles.